The Morgan fingerprint density at radius 2 is 1.88 bits per heavy atom. The number of anilines is 1. The van der Waals surface area contributed by atoms with Crippen molar-refractivity contribution in [3.05, 3.63) is 53.1 Å². The zero-order valence-corrected chi connectivity index (χ0v) is 15.0. The van der Waals surface area contributed by atoms with Crippen molar-refractivity contribution >= 4 is 29.2 Å². The number of nitrogens with zero attached hydrogens (tertiary/aromatic N) is 1. The summed E-state index contributed by atoms with van der Waals surface area (Å²) in [6, 6.07) is 12.5. The lowest BCUT2D eigenvalue weighted by Gasteiger charge is -2.20. The maximum absolute atomic E-state index is 12.1. The van der Waals surface area contributed by atoms with E-state index in [0.29, 0.717) is 35.3 Å². The molecule has 7 heteroatoms. The molecule has 1 amide bonds. The summed E-state index contributed by atoms with van der Waals surface area (Å²) in [5.41, 5.74) is 1.36. The van der Waals surface area contributed by atoms with E-state index in [1.165, 1.54) is 4.90 Å². The van der Waals surface area contributed by atoms with Crippen molar-refractivity contribution in [3.8, 4) is 11.5 Å². The Kier molecular flexibility index (Phi) is 5.63. The van der Waals surface area contributed by atoms with Crippen LogP contribution in [0.4, 0.5) is 5.69 Å². The molecular formula is C19H18ClNO5. The Labute approximate surface area is 156 Å². The molecular weight excluding hydrogens is 358 g/mol. The lowest BCUT2D eigenvalue weighted by Crippen LogP contribution is -2.31. The summed E-state index contributed by atoms with van der Waals surface area (Å²) in [6.07, 6.45) is -0.0152. The molecule has 2 aromatic rings. The van der Waals surface area contributed by atoms with Crippen LogP contribution in [-0.4, -0.2) is 38.7 Å². The van der Waals surface area contributed by atoms with Crippen LogP contribution in [0.3, 0.4) is 0 Å². The van der Waals surface area contributed by atoms with Gasteiger partial charge in [0, 0.05) is 12.7 Å². The number of para-hydroxylation sites is 1. The van der Waals surface area contributed by atoms with Crippen LogP contribution < -0.4 is 14.4 Å². The first-order valence-corrected chi connectivity index (χ1v) is 8.47. The quantitative estimate of drug-likeness (QED) is 0.752. The smallest absolute Gasteiger partial charge is 0.310 e. The fourth-order valence-corrected chi connectivity index (χ4v) is 2.81. The van der Waals surface area contributed by atoms with Gasteiger partial charge in [0.05, 0.1) is 11.4 Å². The molecule has 26 heavy (non-hydrogen) atoms. The maximum Gasteiger partial charge on any atom is 0.310 e. The molecule has 1 aliphatic heterocycles. The SMILES string of the molecule is CN(C(=O)COC(=O)Cc1cc(Cl)c2c(c1)OCCO2)c1ccccc1. The molecule has 2 aromatic carbocycles. The normalized spacial score (nSPS) is 12.4. The van der Waals surface area contributed by atoms with Crippen molar-refractivity contribution in [2.45, 2.75) is 6.42 Å². The fraction of sp³-hybridized carbons (Fsp3) is 0.263. The predicted octanol–water partition coefficient (Wildman–Crippen LogP) is 2.86. The molecule has 0 saturated heterocycles. The lowest BCUT2D eigenvalue weighted by molar-refractivity contribution is -0.147. The third-order valence-corrected chi connectivity index (χ3v) is 4.16. The molecule has 136 valence electrons. The van der Waals surface area contributed by atoms with E-state index < -0.39 is 5.97 Å². The van der Waals surface area contributed by atoms with Gasteiger partial charge in [0.15, 0.2) is 18.1 Å². The highest BCUT2D eigenvalue weighted by Gasteiger charge is 2.19. The first-order valence-electron chi connectivity index (χ1n) is 8.10. The molecule has 0 fully saturated rings. The predicted molar refractivity (Wildman–Crippen MR) is 97.0 cm³/mol. The van der Waals surface area contributed by atoms with Gasteiger partial charge in [-0.25, -0.2) is 0 Å². The van der Waals surface area contributed by atoms with E-state index >= 15 is 0 Å². The Balaban J connectivity index is 1.56. The van der Waals surface area contributed by atoms with Gasteiger partial charge in [-0.3, -0.25) is 9.59 Å². The molecule has 6 nitrogen and oxygen atoms in total. The largest absolute Gasteiger partial charge is 0.486 e. The van der Waals surface area contributed by atoms with Crippen molar-refractivity contribution in [3.63, 3.8) is 0 Å². The van der Waals surface area contributed by atoms with Gasteiger partial charge in [0.25, 0.3) is 5.91 Å². The summed E-state index contributed by atoms with van der Waals surface area (Å²) in [6.45, 7) is 0.533. The Hall–Kier alpha value is -2.73. The minimum absolute atomic E-state index is 0.0152. The third kappa shape index (κ3) is 4.26. The second-order valence-electron chi connectivity index (χ2n) is 5.73. The number of carbonyl (C=O) groups is 2. The van der Waals surface area contributed by atoms with Crippen LogP contribution >= 0.6 is 11.6 Å². The molecule has 0 N–H and O–H groups in total. The highest BCUT2D eigenvalue weighted by molar-refractivity contribution is 6.32. The highest BCUT2D eigenvalue weighted by atomic mass is 35.5. The average Bonchev–Trinajstić information content (AvgIpc) is 2.66. The van der Waals surface area contributed by atoms with Crippen molar-refractivity contribution in [2.75, 3.05) is 31.8 Å². The minimum Gasteiger partial charge on any atom is -0.486 e. The minimum atomic E-state index is -0.521. The van der Waals surface area contributed by atoms with Crippen molar-refractivity contribution in [2.24, 2.45) is 0 Å². The summed E-state index contributed by atoms with van der Waals surface area (Å²) in [5.74, 6) is 0.151. The number of benzene rings is 2. The van der Waals surface area contributed by atoms with Gasteiger partial charge < -0.3 is 19.1 Å². The first-order chi connectivity index (χ1) is 12.5. The molecule has 1 aliphatic rings. The molecule has 0 unspecified atom stereocenters. The lowest BCUT2D eigenvalue weighted by atomic mass is 10.1. The second-order valence-corrected chi connectivity index (χ2v) is 6.13. The second kappa shape index (κ2) is 8.10. The van der Waals surface area contributed by atoms with Crippen LogP contribution in [0.2, 0.25) is 5.02 Å². The molecule has 0 aliphatic carbocycles. The fourth-order valence-electron chi connectivity index (χ4n) is 2.52. The van der Waals surface area contributed by atoms with E-state index in [-0.39, 0.29) is 18.9 Å². The van der Waals surface area contributed by atoms with Gasteiger partial charge in [-0.2, -0.15) is 0 Å². The number of carbonyl (C=O) groups excluding carboxylic acids is 2. The topological polar surface area (TPSA) is 65.1 Å². The Morgan fingerprint density at radius 1 is 1.15 bits per heavy atom. The van der Waals surface area contributed by atoms with Gasteiger partial charge in [-0.15, -0.1) is 0 Å². The zero-order valence-electron chi connectivity index (χ0n) is 14.2. The number of amides is 1. The average molecular weight is 376 g/mol. The van der Waals surface area contributed by atoms with Crippen LogP contribution in [0.5, 0.6) is 11.5 Å². The molecule has 0 atom stereocenters. The maximum atomic E-state index is 12.1. The number of likely N-dealkylation sites (N-methyl/N-ethyl adjacent to an activating group) is 1. The van der Waals surface area contributed by atoms with Crippen LogP contribution in [0, 0.1) is 0 Å². The van der Waals surface area contributed by atoms with Gasteiger partial charge in [0.2, 0.25) is 0 Å². The van der Waals surface area contributed by atoms with E-state index in [9.17, 15) is 9.59 Å². The van der Waals surface area contributed by atoms with Crippen LogP contribution in [0.1, 0.15) is 5.56 Å². The number of halogens is 1. The number of hydrogen-bond donors (Lipinski definition) is 0. The van der Waals surface area contributed by atoms with E-state index in [4.69, 9.17) is 25.8 Å². The van der Waals surface area contributed by atoms with E-state index in [0.717, 1.165) is 5.69 Å². The molecule has 1 heterocycles. The first kappa shape index (κ1) is 18.1. The van der Waals surface area contributed by atoms with Crippen LogP contribution in [-0.2, 0) is 20.7 Å². The third-order valence-electron chi connectivity index (χ3n) is 3.88. The van der Waals surface area contributed by atoms with E-state index in [1.807, 2.05) is 18.2 Å². The highest BCUT2D eigenvalue weighted by Crippen LogP contribution is 2.38. The van der Waals surface area contributed by atoms with Crippen LogP contribution in [0.25, 0.3) is 0 Å². The standard InChI is InChI=1S/C19H18ClNO5/c1-21(14-5-3-2-4-6-14)17(22)12-26-18(23)11-13-9-15(20)19-16(10-13)24-7-8-25-19/h2-6,9-10H,7-8,11-12H2,1H3. The Bertz CT molecular complexity index is 809. The van der Waals surface area contributed by atoms with Crippen molar-refractivity contribution in [1.82, 2.24) is 0 Å². The molecule has 0 saturated carbocycles. The van der Waals surface area contributed by atoms with Gasteiger partial charge in [0.1, 0.15) is 13.2 Å². The number of hydrogen-bond acceptors (Lipinski definition) is 5. The monoisotopic (exact) mass is 375 g/mol. The summed E-state index contributed by atoms with van der Waals surface area (Å²) in [4.78, 5) is 25.6. The summed E-state index contributed by atoms with van der Waals surface area (Å²) < 4.78 is 16.0. The van der Waals surface area contributed by atoms with Crippen molar-refractivity contribution in [1.29, 1.82) is 0 Å². The summed E-state index contributed by atoms with van der Waals surface area (Å²) >= 11 is 6.15. The van der Waals surface area contributed by atoms with E-state index in [2.05, 4.69) is 0 Å². The number of fused-ring (bicyclic) bond motifs is 1. The van der Waals surface area contributed by atoms with Crippen molar-refractivity contribution < 1.29 is 23.8 Å². The number of rotatable bonds is 5. The number of ether oxygens (including phenoxy) is 3. The summed E-state index contributed by atoms with van der Waals surface area (Å²) in [5, 5.41) is 0.380. The van der Waals surface area contributed by atoms with Gasteiger partial charge in [-0.1, -0.05) is 29.8 Å². The molecule has 0 bridgehead atoms. The zero-order chi connectivity index (χ0) is 18.5. The van der Waals surface area contributed by atoms with Crippen LogP contribution in [0.15, 0.2) is 42.5 Å². The molecule has 0 aromatic heterocycles. The Morgan fingerprint density at radius 3 is 2.65 bits per heavy atom. The summed E-state index contributed by atoms with van der Waals surface area (Å²) in [7, 11) is 1.63. The molecule has 0 radical (unpaired) electrons. The number of esters is 1. The van der Waals surface area contributed by atoms with Gasteiger partial charge in [-0.05, 0) is 29.8 Å². The molecule has 0 spiro atoms. The molecule has 3 rings (SSSR count). The van der Waals surface area contributed by atoms with E-state index in [1.54, 1.807) is 31.3 Å². The van der Waals surface area contributed by atoms with Gasteiger partial charge >= 0.3 is 5.97 Å².